The van der Waals surface area contributed by atoms with Gasteiger partial charge in [-0.1, -0.05) is 12.1 Å². The first-order valence-electron chi connectivity index (χ1n) is 6.36. The number of carbonyl (C=O) groups is 1. The van der Waals surface area contributed by atoms with Gasteiger partial charge in [0, 0.05) is 6.61 Å². The molecule has 0 unspecified atom stereocenters. The van der Waals surface area contributed by atoms with Crippen LogP contribution in [-0.2, 0) is 11.2 Å². The Balaban J connectivity index is 2.20. The van der Waals surface area contributed by atoms with Crippen LogP contribution in [0.2, 0.25) is 0 Å². The number of hydrogen-bond donors (Lipinski definition) is 2. The molecule has 0 spiro atoms. The zero-order chi connectivity index (χ0) is 15.2. The molecule has 0 fully saturated rings. The topological polar surface area (TPSA) is 94.7 Å². The van der Waals surface area contributed by atoms with E-state index in [9.17, 15) is 4.79 Å². The van der Waals surface area contributed by atoms with Gasteiger partial charge in [-0.05, 0) is 36.2 Å². The van der Waals surface area contributed by atoms with E-state index in [0.29, 0.717) is 17.9 Å². The lowest BCUT2D eigenvalue weighted by Crippen LogP contribution is -2.06. The second-order valence-corrected chi connectivity index (χ2v) is 4.30. The fraction of sp³-hybridized carbons (Fsp3) is 0.200. The van der Waals surface area contributed by atoms with Crippen molar-refractivity contribution in [1.29, 1.82) is 0 Å². The molecule has 0 bridgehead atoms. The summed E-state index contributed by atoms with van der Waals surface area (Å²) in [5, 5.41) is 8.86. The molecule has 2 rings (SSSR count). The number of esters is 1. The van der Waals surface area contributed by atoms with Gasteiger partial charge in [0.2, 0.25) is 5.88 Å². The number of pyridine rings is 1. The molecule has 0 aliphatic carbocycles. The highest BCUT2D eigenvalue weighted by atomic mass is 16.5. The lowest BCUT2D eigenvalue weighted by Gasteiger charge is -2.09. The molecule has 0 atom stereocenters. The molecule has 3 N–H and O–H groups in total. The number of hydrogen-bond acceptors (Lipinski definition) is 6. The molecule has 1 aromatic carbocycles. The van der Waals surface area contributed by atoms with Crippen molar-refractivity contribution < 1.29 is 19.4 Å². The second kappa shape index (κ2) is 6.71. The normalized spacial score (nSPS) is 10.2. The number of rotatable bonds is 5. The summed E-state index contributed by atoms with van der Waals surface area (Å²) in [6, 6.07) is 10.2. The van der Waals surface area contributed by atoms with Crippen LogP contribution >= 0.6 is 0 Å². The van der Waals surface area contributed by atoms with Crippen LogP contribution < -0.4 is 10.5 Å². The van der Waals surface area contributed by atoms with Gasteiger partial charge in [-0.3, -0.25) is 0 Å². The monoisotopic (exact) mass is 288 g/mol. The Morgan fingerprint density at radius 2 is 1.95 bits per heavy atom. The van der Waals surface area contributed by atoms with Crippen LogP contribution in [0.15, 0.2) is 36.4 Å². The Kier molecular flexibility index (Phi) is 4.73. The molecule has 21 heavy (non-hydrogen) atoms. The van der Waals surface area contributed by atoms with Crippen molar-refractivity contribution in [3.8, 4) is 11.6 Å². The summed E-state index contributed by atoms with van der Waals surface area (Å²) >= 11 is 0. The van der Waals surface area contributed by atoms with Crippen molar-refractivity contribution in [3.63, 3.8) is 0 Å². The average molecular weight is 288 g/mol. The van der Waals surface area contributed by atoms with E-state index < -0.39 is 5.97 Å². The first-order chi connectivity index (χ1) is 10.1. The largest absolute Gasteiger partial charge is 0.464 e. The SMILES string of the molecule is COC(=O)c1ccc(N)c(Oc2ccc(CCO)cc2)n1. The van der Waals surface area contributed by atoms with E-state index >= 15 is 0 Å². The number of aliphatic hydroxyl groups excluding tert-OH is 1. The molecule has 0 aliphatic heterocycles. The molecule has 0 aliphatic rings. The molecule has 0 radical (unpaired) electrons. The number of nitrogens with zero attached hydrogens (tertiary/aromatic N) is 1. The van der Waals surface area contributed by atoms with Crippen LogP contribution in [0.1, 0.15) is 16.1 Å². The summed E-state index contributed by atoms with van der Waals surface area (Å²) in [5.41, 5.74) is 7.22. The van der Waals surface area contributed by atoms with E-state index in [0.717, 1.165) is 5.56 Å². The summed E-state index contributed by atoms with van der Waals surface area (Å²) in [6.07, 6.45) is 0.582. The molecule has 1 heterocycles. The van der Waals surface area contributed by atoms with Crippen molar-refractivity contribution in [3.05, 3.63) is 47.7 Å². The van der Waals surface area contributed by atoms with E-state index in [1.165, 1.54) is 19.2 Å². The number of anilines is 1. The first kappa shape index (κ1) is 14.8. The maximum absolute atomic E-state index is 11.4. The molecule has 110 valence electrons. The summed E-state index contributed by atoms with van der Waals surface area (Å²) < 4.78 is 10.2. The van der Waals surface area contributed by atoms with Gasteiger partial charge in [0.25, 0.3) is 0 Å². The first-order valence-corrected chi connectivity index (χ1v) is 6.36. The Morgan fingerprint density at radius 1 is 1.24 bits per heavy atom. The molecular formula is C15H16N2O4. The molecule has 0 amide bonds. The predicted molar refractivity (Wildman–Crippen MR) is 77.3 cm³/mol. The fourth-order valence-electron chi connectivity index (χ4n) is 1.72. The van der Waals surface area contributed by atoms with Crippen molar-refractivity contribution in [1.82, 2.24) is 4.98 Å². The van der Waals surface area contributed by atoms with Gasteiger partial charge in [-0.25, -0.2) is 9.78 Å². The van der Waals surface area contributed by atoms with Crippen LogP contribution in [0, 0.1) is 0 Å². The van der Waals surface area contributed by atoms with Crippen LogP contribution in [0.4, 0.5) is 5.69 Å². The minimum atomic E-state index is -0.557. The van der Waals surface area contributed by atoms with E-state index in [4.69, 9.17) is 15.6 Å². The van der Waals surface area contributed by atoms with Gasteiger partial charge >= 0.3 is 5.97 Å². The summed E-state index contributed by atoms with van der Waals surface area (Å²) in [4.78, 5) is 15.5. The number of nitrogen functional groups attached to an aromatic ring is 1. The summed E-state index contributed by atoms with van der Waals surface area (Å²) in [6.45, 7) is 0.0931. The second-order valence-electron chi connectivity index (χ2n) is 4.30. The zero-order valence-electron chi connectivity index (χ0n) is 11.6. The third kappa shape index (κ3) is 3.70. The Labute approximate surface area is 122 Å². The van der Waals surface area contributed by atoms with Crippen molar-refractivity contribution in [2.75, 3.05) is 19.5 Å². The zero-order valence-corrected chi connectivity index (χ0v) is 11.6. The van der Waals surface area contributed by atoms with Gasteiger partial charge < -0.3 is 20.3 Å². The smallest absolute Gasteiger partial charge is 0.356 e. The third-order valence-corrected chi connectivity index (χ3v) is 2.82. The number of carbonyl (C=O) groups excluding carboxylic acids is 1. The number of aliphatic hydroxyl groups is 1. The highest BCUT2D eigenvalue weighted by Crippen LogP contribution is 2.26. The van der Waals surface area contributed by atoms with Crippen LogP contribution in [0.25, 0.3) is 0 Å². The predicted octanol–water partition coefficient (Wildman–Crippen LogP) is 1.78. The Hall–Kier alpha value is -2.60. The van der Waals surface area contributed by atoms with Gasteiger partial charge in [0.1, 0.15) is 5.75 Å². The quantitative estimate of drug-likeness (QED) is 0.814. The van der Waals surface area contributed by atoms with Gasteiger partial charge in [-0.2, -0.15) is 0 Å². The summed E-state index contributed by atoms with van der Waals surface area (Å²) in [7, 11) is 1.28. The Morgan fingerprint density at radius 3 is 2.57 bits per heavy atom. The van der Waals surface area contributed by atoms with E-state index in [1.807, 2.05) is 12.1 Å². The van der Waals surface area contributed by atoms with E-state index in [1.54, 1.807) is 12.1 Å². The standard InChI is InChI=1S/C15H16N2O4/c1-20-15(19)13-7-6-12(16)14(17-13)21-11-4-2-10(3-5-11)8-9-18/h2-7,18H,8-9,16H2,1H3. The Bertz CT molecular complexity index is 626. The summed E-state index contributed by atoms with van der Waals surface area (Å²) in [5.74, 6) is 0.129. The third-order valence-electron chi connectivity index (χ3n) is 2.82. The van der Waals surface area contributed by atoms with E-state index in [2.05, 4.69) is 9.72 Å². The lowest BCUT2D eigenvalue weighted by atomic mass is 10.1. The molecule has 6 heteroatoms. The number of methoxy groups -OCH3 is 1. The van der Waals surface area contributed by atoms with E-state index in [-0.39, 0.29) is 18.2 Å². The minimum absolute atomic E-state index is 0.0931. The molecule has 6 nitrogen and oxygen atoms in total. The molecule has 1 aromatic heterocycles. The maximum Gasteiger partial charge on any atom is 0.356 e. The number of benzene rings is 1. The highest BCUT2D eigenvalue weighted by molar-refractivity contribution is 5.87. The van der Waals surface area contributed by atoms with Gasteiger partial charge in [0.05, 0.1) is 12.8 Å². The fourth-order valence-corrected chi connectivity index (χ4v) is 1.72. The highest BCUT2D eigenvalue weighted by Gasteiger charge is 2.12. The number of ether oxygens (including phenoxy) is 2. The molecule has 0 saturated carbocycles. The molecule has 2 aromatic rings. The molecular weight excluding hydrogens is 272 g/mol. The van der Waals surface area contributed by atoms with Crippen molar-refractivity contribution in [2.45, 2.75) is 6.42 Å². The van der Waals surface area contributed by atoms with Crippen LogP contribution in [0.3, 0.4) is 0 Å². The number of aromatic nitrogens is 1. The average Bonchev–Trinajstić information content (AvgIpc) is 2.51. The van der Waals surface area contributed by atoms with Crippen LogP contribution in [0.5, 0.6) is 11.6 Å². The number of nitrogens with two attached hydrogens (primary N) is 1. The van der Waals surface area contributed by atoms with Crippen molar-refractivity contribution in [2.24, 2.45) is 0 Å². The maximum atomic E-state index is 11.4. The van der Waals surface area contributed by atoms with Crippen molar-refractivity contribution >= 4 is 11.7 Å². The van der Waals surface area contributed by atoms with Gasteiger partial charge in [-0.15, -0.1) is 0 Å². The minimum Gasteiger partial charge on any atom is -0.464 e. The lowest BCUT2D eigenvalue weighted by molar-refractivity contribution is 0.0593. The van der Waals surface area contributed by atoms with Gasteiger partial charge in [0.15, 0.2) is 5.69 Å². The van der Waals surface area contributed by atoms with Crippen LogP contribution in [-0.4, -0.2) is 29.8 Å². The molecule has 0 saturated heterocycles.